The lowest BCUT2D eigenvalue weighted by Crippen LogP contribution is -2.40. The molecule has 2 aliphatic carbocycles. The van der Waals surface area contributed by atoms with Crippen LogP contribution in [-0.4, -0.2) is 66.4 Å². The first-order valence-electron chi connectivity index (χ1n) is 17.9. The number of hydrogen-bond donors (Lipinski definition) is 2. The van der Waals surface area contributed by atoms with E-state index >= 15 is 0 Å². The lowest BCUT2D eigenvalue weighted by atomic mass is 9.82. The topological polar surface area (TPSA) is 121 Å². The first-order chi connectivity index (χ1) is 25.5. The van der Waals surface area contributed by atoms with Crippen LogP contribution >= 0.6 is 23.2 Å². The van der Waals surface area contributed by atoms with Crippen LogP contribution in [0.15, 0.2) is 79.0 Å². The summed E-state index contributed by atoms with van der Waals surface area (Å²) in [5.41, 5.74) is 4.29. The number of esters is 1. The third-order valence-electron chi connectivity index (χ3n) is 9.73. The van der Waals surface area contributed by atoms with E-state index < -0.39 is 5.97 Å². The second-order valence-corrected chi connectivity index (χ2v) is 14.9. The van der Waals surface area contributed by atoms with E-state index in [2.05, 4.69) is 15.6 Å². The molecule has 2 fully saturated rings. The van der Waals surface area contributed by atoms with Gasteiger partial charge in [-0.3, -0.25) is 14.4 Å². The van der Waals surface area contributed by atoms with E-state index in [1.807, 2.05) is 44.2 Å². The van der Waals surface area contributed by atoms with Crippen LogP contribution in [0.2, 0.25) is 10.0 Å². The summed E-state index contributed by atoms with van der Waals surface area (Å²) in [4.78, 5) is 59.4. The first-order valence-corrected chi connectivity index (χ1v) is 18.6. The summed E-state index contributed by atoms with van der Waals surface area (Å²) in [7, 11) is 1.63. The fourth-order valence-corrected chi connectivity index (χ4v) is 6.59. The Morgan fingerprint density at radius 2 is 1.68 bits per heavy atom. The van der Waals surface area contributed by atoms with Crippen molar-refractivity contribution in [3.8, 4) is 11.1 Å². The minimum absolute atomic E-state index is 0.174. The van der Waals surface area contributed by atoms with Crippen LogP contribution < -0.4 is 15.5 Å². The van der Waals surface area contributed by atoms with E-state index in [1.165, 1.54) is 23.8 Å². The maximum atomic E-state index is 14.2. The van der Waals surface area contributed by atoms with Gasteiger partial charge in [0.05, 0.1) is 26.9 Å². The molecule has 0 saturated heterocycles. The number of anilines is 2. The number of nitrogens with one attached hydrogen (secondary N) is 2. The predicted molar refractivity (Wildman–Crippen MR) is 208 cm³/mol. The Bertz CT molecular complexity index is 2000. The summed E-state index contributed by atoms with van der Waals surface area (Å²) in [5, 5.41) is 7.06. The maximum absolute atomic E-state index is 14.2. The van der Waals surface area contributed by atoms with Crippen molar-refractivity contribution in [3.05, 3.63) is 111 Å². The van der Waals surface area contributed by atoms with Gasteiger partial charge in [-0.2, -0.15) is 0 Å². The largest absolute Gasteiger partial charge is 0.459 e. The second-order valence-electron chi connectivity index (χ2n) is 14.1. The second kappa shape index (κ2) is 16.8. The van der Waals surface area contributed by atoms with Gasteiger partial charge in [-0.05, 0) is 123 Å². The van der Waals surface area contributed by atoms with Gasteiger partial charge < -0.3 is 25.2 Å². The molecule has 53 heavy (non-hydrogen) atoms. The summed E-state index contributed by atoms with van der Waals surface area (Å²) in [6.45, 7) is 5.48. The minimum Gasteiger partial charge on any atom is -0.459 e. The highest BCUT2D eigenvalue weighted by molar-refractivity contribution is 6.42. The first kappa shape index (κ1) is 37.8. The van der Waals surface area contributed by atoms with Crippen LogP contribution in [0.4, 0.5) is 11.5 Å². The molecule has 2 saturated carbocycles. The summed E-state index contributed by atoms with van der Waals surface area (Å²) in [6.07, 6.45) is 5.99. The monoisotopic (exact) mass is 755 g/mol. The molecule has 12 heteroatoms. The molecule has 276 valence electrons. The van der Waals surface area contributed by atoms with Gasteiger partial charge in [0.15, 0.2) is 0 Å². The van der Waals surface area contributed by atoms with Crippen molar-refractivity contribution in [2.45, 2.75) is 58.2 Å². The maximum Gasteiger partial charge on any atom is 0.338 e. The summed E-state index contributed by atoms with van der Waals surface area (Å²) >= 11 is 12.0. The Morgan fingerprint density at radius 3 is 2.40 bits per heavy atom. The Balaban J connectivity index is 1.07. The predicted octanol–water partition coefficient (Wildman–Crippen LogP) is 7.89. The van der Waals surface area contributed by atoms with Gasteiger partial charge in [0.25, 0.3) is 11.8 Å². The smallest absolute Gasteiger partial charge is 0.338 e. The van der Waals surface area contributed by atoms with Gasteiger partial charge in [0.2, 0.25) is 6.41 Å². The number of rotatable bonds is 15. The van der Waals surface area contributed by atoms with Crippen molar-refractivity contribution in [1.29, 1.82) is 0 Å². The molecule has 0 bridgehead atoms. The van der Waals surface area contributed by atoms with Gasteiger partial charge in [-0.25, -0.2) is 9.78 Å². The van der Waals surface area contributed by atoms with Crippen molar-refractivity contribution in [2.24, 2.45) is 11.8 Å². The molecule has 0 unspecified atom stereocenters. The third-order valence-corrected chi connectivity index (χ3v) is 10.5. The molecule has 4 aromatic rings. The lowest BCUT2D eigenvalue weighted by Gasteiger charge is -2.34. The lowest BCUT2D eigenvalue weighted by molar-refractivity contribution is -0.107. The molecule has 0 aliphatic heterocycles. The summed E-state index contributed by atoms with van der Waals surface area (Å²) in [5.74, 6) is 0.763. The zero-order chi connectivity index (χ0) is 37.6. The highest BCUT2D eigenvalue weighted by atomic mass is 35.5. The molecule has 0 radical (unpaired) electrons. The molecular weight excluding hydrogens is 713 g/mol. The zero-order valence-corrected chi connectivity index (χ0v) is 31.5. The SMILES string of the molecule is CC(C)N(Cc1cccc(C(=O)NCC2CC(OC(=O)c3ccc(Cl)c(Cl)c3)C2)c1)C(=O)c1ccc(-c2ccnc(NCC3CC3)c2)cc1N(C)C=O. The average molecular weight is 757 g/mol. The fraction of sp³-hybridized carbons (Fsp3) is 0.341. The molecular formula is C41H43Cl2N5O5. The van der Waals surface area contributed by atoms with Crippen LogP contribution in [-0.2, 0) is 16.1 Å². The van der Waals surface area contributed by atoms with Gasteiger partial charge in [0.1, 0.15) is 11.9 Å². The quantitative estimate of drug-likeness (QED) is 0.0936. The number of benzene rings is 3. The Kier molecular flexibility index (Phi) is 12.0. The molecule has 3 amide bonds. The molecule has 3 aromatic carbocycles. The number of hydrogen-bond acceptors (Lipinski definition) is 7. The van der Waals surface area contributed by atoms with E-state index in [1.54, 1.807) is 54.5 Å². The highest BCUT2D eigenvalue weighted by Gasteiger charge is 2.33. The normalized spacial score (nSPS) is 16.3. The number of amides is 3. The number of ether oxygens (including phenoxy) is 1. The van der Waals surface area contributed by atoms with Crippen LogP contribution in [0, 0.1) is 11.8 Å². The van der Waals surface area contributed by atoms with Gasteiger partial charge in [0, 0.05) is 44.5 Å². The van der Waals surface area contributed by atoms with E-state index in [9.17, 15) is 19.2 Å². The van der Waals surface area contributed by atoms with Crippen LogP contribution in [0.3, 0.4) is 0 Å². The van der Waals surface area contributed by atoms with Crippen LogP contribution in [0.1, 0.15) is 76.2 Å². The molecule has 0 atom stereocenters. The van der Waals surface area contributed by atoms with Crippen molar-refractivity contribution in [1.82, 2.24) is 15.2 Å². The molecule has 0 spiro atoms. The van der Waals surface area contributed by atoms with Crippen molar-refractivity contribution in [2.75, 3.05) is 30.4 Å². The van der Waals surface area contributed by atoms with Crippen molar-refractivity contribution >= 4 is 58.9 Å². The van der Waals surface area contributed by atoms with Crippen LogP contribution in [0.5, 0.6) is 0 Å². The average Bonchev–Trinajstić information content (AvgIpc) is 3.99. The van der Waals surface area contributed by atoms with E-state index in [0.717, 1.165) is 29.1 Å². The summed E-state index contributed by atoms with van der Waals surface area (Å²) < 4.78 is 5.58. The third kappa shape index (κ3) is 9.55. The van der Waals surface area contributed by atoms with E-state index in [0.29, 0.717) is 59.1 Å². The molecule has 1 aromatic heterocycles. The van der Waals surface area contributed by atoms with Crippen molar-refractivity contribution < 1.29 is 23.9 Å². The van der Waals surface area contributed by atoms with Gasteiger partial charge >= 0.3 is 5.97 Å². The summed E-state index contributed by atoms with van der Waals surface area (Å²) in [6, 6.07) is 21.1. The number of pyridine rings is 1. The number of carbonyl (C=O) groups excluding carboxylic acids is 4. The van der Waals surface area contributed by atoms with Crippen LogP contribution in [0.25, 0.3) is 11.1 Å². The number of aromatic nitrogens is 1. The Hall–Kier alpha value is -4.93. The molecule has 2 N–H and O–H groups in total. The molecule has 2 aliphatic rings. The minimum atomic E-state index is -0.457. The molecule has 10 nitrogen and oxygen atoms in total. The zero-order valence-electron chi connectivity index (χ0n) is 30.0. The highest BCUT2D eigenvalue weighted by Crippen LogP contribution is 2.33. The standard InChI is InChI=1S/C41H43Cl2N5O5/c1-25(2)48(40(51)34-11-9-29(19-37(34)47(3)24-49)30-13-14-44-38(20-30)45-21-26-7-8-26)23-27-5-4-6-31(15-27)39(50)46-22-28-16-33(17-28)53-41(52)32-10-12-35(42)36(43)18-32/h4-6,9-15,18-20,24-26,28,33H,7-8,16-17,21-23H2,1-3H3,(H,44,45)(H,46,50). The van der Waals surface area contributed by atoms with E-state index in [-0.39, 0.29) is 41.4 Å². The number of carbonyl (C=O) groups is 4. The van der Waals surface area contributed by atoms with E-state index in [4.69, 9.17) is 27.9 Å². The van der Waals surface area contributed by atoms with Crippen molar-refractivity contribution in [3.63, 3.8) is 0 Å². The van der Waals surface area contributed by atoms with Gasteiger partial charge in [-0.1, -0.05) is 41.4 Å². The number of halogens is 2. The van der Waals surface area contributed by atoms with Gasteiger partial charge in [-0.15, -0.1) is 0 Å². The Morgan fingerprint density at radius 1 is 0.906 bits per heavy atom. The number of nitrogens with zero attached hydrogens (tertiary/aromatic N) is 3. The molecule has 6 rings (SSSR count). The molecule has 1 heterocycles. The fourth-order valence-electron chi connectivity index (χ4n) is 6.29. The Labute approximate surface area is 319 Å².